The molecule has 0 spiro atoms. The number of ketones is 1. The maximum Gasteiger partial charge on any atom is 0.290 e. The van der Waals surface area contributed by atoms with Crippen LogP contribution in [0.15, 0.2) is 48.0 Å². The van der Waals surface area contributed by atoms with Crippen molar-refractivity contribution in [3.63, 3.8) is 0 Å². The number of para-hydroxylation sites is 1. The Morgan fingerprint density at radius 3 is 2.46 bits per heavy atom. The zero-order valence-electron chi connectivity index (χ0n) is 23.3. The monoisotopic (exact) mass is 568 g/mol. The van der Waals surface area contributed by atoms with Crippen molar-refractivity contribution < 1.29 is 43.9 Å². The van der Waals surface area contributed by atoms with Crippen LogP contribution in [0.5, 0.6) is 17.2 Å². The maximum absolute atomic E-state index is 13.4. The molecule has 41 heavy (non-hydrogen) atoms. The third-order valence-corrected chi connectivity index (χ3v) is 7.49. The number of nitrogens with one attached hydrogen (secondary N) is 1. The average Bonchev–Trinajstić information content (AvgIpc) is 3.39. The summed E-state index contributed by atoms with van der Waals surface area (Å²) in [7, 11) is 2.99. The Bertz CT molecular complexity index is 1330. The lowest BCUT2D eigenvalue weighted by Crippen LogP contribution is -2.57. The second-order valence-corrected chi connectivity index (χ2v) is 9.85. The summed E-state index contributed by atoms with van der Waals surface area (Å²) in [4.78, 5) is 40.8. The van der Waals surface area contributed by atoms with Gasteiger partial charge in [-0.2, -0.15) is 0 Å². The van der Waals surface area contributed by atoms with Crippen molar-refractivity contribution in [1.82, 2.24) is 10.2 Å². The van der Waals surface area contributed by atoms with Crippen molar-refractivity contribution in [3.8, 4) is 17.2 Å². The molecule has 0 bridgehead atoms. The van der Waals surface area contributed by atoms with E-state index in [1.807, 2.05) is 18.2 Å². The third-order valence-electron chi connectivity index (χ3n) is 7.49. The molecule has 4 unspecified atom stereocenters. The number of aliphatic hydroxyl groups excluding tert-OH is 3. The van der Waals surface area contributed by atoms with E-state index in [1.54, 1.807) is 32.2 Å². The summed E-state index contributed by atoms with van der Waals surface area (Å²) in [5, 5.41) is 33.5. The number of aliphatic hydroxyl groups is 3. The highest BCUT2D eigenvalue weighted by atomic mass is 16.5. The Kier molecular flexibility index (Phi) is 9.64. The molecule has 0 fully saturated rings. The van der Waals surface area contributed by atoms with Crippen LogP contribution in [-0.4, -0.2) is 90.0 Å². The zero-order chi connectivity index (χ0) is 29.7. The minimum absolute atomic E-state index is 0.0146. The van der Waals surface area contributed by atoms with Crippen LogP contribution < -0.4 is 19.5 Å². The molecule has 2 amide bonds. The molecule has 1 aliphatic carbocycles. The third kappa shape index (κ3) is 5.92. The Hall–Kier alpha value is -3.93. The second-order valence-electron chi connectivity index (χ2n) is 9.85. The summed E-state index contributed by atoms with van der Waals surface area (Å²) in [6.45, 7) is 1.04. The number of rotatable bonds is 12. The van der Waals surface area contributed by atoms with Gasteiger partial charge in [-0.3, -0.25) is 14.4 Å². The van der Waals surface area contributed by atoms with Gasteiger partial charge in [0.05, 0.1) is 39.4 Å². The summed E-state index contributed by atoms with van der Waals surface area (Å²) in [5.41, 5.74) is 2.07. The van der Waals surface area contributed by atoms with E-state index in [0.29, 0.717) is 34.8 Å². The van der Waals surface area contributed by atoms with Crippen LogP contribution in [0, 0.1) is 0 Å². The van der Waals surface area contributed by atoms with Gasteiger partial charge in [0.15, 0.2) is 11.5 Å². The summed E-state index contributed by atoms with van der Waals surface area (Å²) >= 11 is 0. The lowest BCUT2D eigenvalue weighted by molar-refractivity contribution is -0.148. The number of methoxy groups -OCH3 is 2. The number of carbonyl (C=O) groups excluding carboxylic acids is 3. The van der Waals surface area contributed by atoms with Crippen LogP contribution in [0.4, 0.5) is 0 Å². The number of hydrogen-bond acceptors (Lipinski definition) is 9. The number of fused-ring (bicyclic) bond motifs is 3. The molecule has 2 aromatic carbocycles. The standard InChI is InChI=1S/C30H36N2O9/c1-4-22(35)30(38)32(11-9-18-7-5-6-8-23(18)39-2)21-15-20(29(37)31-10-12-33)25-19-13-17(16-34)14-24(40-3)27(19)41-28(25)26(21)36/h5-8,13-15,21,25-26,28,33-34,36H,4,9-12,16H2,1-3H3,(H,31,37). The largest absolute Gasteiger partial charge is 0.496 e. The first-order valence-electron chi connectivity index (χ1n) is 13.5. The molecule has 0 saturated heterocycles. The first-order chi connectivity index (χ1) is 19.8. The van der Waals surface area contributed by atoms with Crippen molar-refractivity contribution in [2.75, 3.05) is 33.9 Å². The molecule has 11 nitrogen and oxygen atoms in total. The van der Waals surface area contributed by atoms with E-state index in [4.69, 9.17) is 14.2 Å². The molecule has 11 heteroatoms. The molecular formula is C30H36N2O9. The molecule has 0 radical (unpaired) electrons. The van der Waals surface area contributed by atoms with E-state index in [0.717, 1.165) is 5.56 Å². The first-order valence-corrected chi connectivity index (χ1v) is 13.5. The van der Waals surface area contributed by atoms with Gasteiger partial charge in [0, 0.05) is 30.6 Å². The van der Waals surface area contributed by atoms with Crippen molar-refractivity contribution in [1.29, 1.82) is 0 Å². The highest BCUT2D eigenvalue weighted by Gasteiger charge is 2.51. The fourth-order valence-electron chi connectivity index (χ4n) is 5.47. The minimum Gasteiger partial charge on any atom is -0.496 e. The van der Waals surface area contributed by atoms with Crippen molar-refractivity contribution >= 4 is 17.6 Å². The molecule has 2 aliphatic rings. The van der Waals surface area contributed by atoms with Crippen LogP contribution in [0.1, 0.15) is 36.0 Å². The van der Waals surface area contributed by atoms with Gasteiger partial charge >= 0.3 is 0 Å². The van der Waals surface area contributed by atoms with E-state index in [-0.39, 0.29) is 38.3 Å². The predicted octanol–water partition coefficient (Wildman–Crippen LogP) is 0.869. The minimum atomic E-state index is -1.32. The molecule has 1 heterocycles. The first kappa shape index (κ1) is 30.0. The van der Waals surface area contributed by atoms with Crippen molar-refractivity contribution in [2.24, 2.45) is 0 Å². The highest BCUT2D eigenvalue weighted by molar-refractivity contribution is 6.36. The molecule has 220 valence electrons. The quantitative estimate of drug-likeness (QED) is 0.273. The van der Waals surface area contributed by atoms with Crippen LogP contribution in [0.25, 0.3) is 0 Å². The second kappa shape index (κ2) is 13.2. The topological polar surface area (TPSA) is 155 Å². The molecule has 4 atom stereocenters. The number of nitrogens with zero attached hydrogens (tertiary/aromatic N) is 1. The molecule has 1 aliphatic heterocycles. The lowest BCUT2D eigenvalue weighted by atomic mass is 9.77. The van der Waals surface area contributed by atoms with Gasteiger partial charge in [-0.1, -0.05) is 25.1 Å². The van der Waals surface area contributed by atoms with E-state index in [2.05, 4.69) is 5.32 Å². The zero-order valence-corrected chi connectivity index (χ0v) is 23.3. The number of carbonyl (C=O) groups is 3. The van der Waals surface area contributed by atoms with Crippen LogP contribution in [0.3, 0.4) is 0 Å². The van der Waals surface area contributed by atoms with E-state index < -0.39 is 41.8 Å². The molecule has 4 N–H and O–H groups in total. The predicted molar refractivity (Wildman–Crippen MR) is 148 cm³/mol. The van der Waals surface area contributed by atoms with Gasteiger partial charge in [0.25, 0.3) is 5.91 Å². The summed E-state index contributed by atoms with van der Waals surface area (Å²) in [6, 6.07) is 9.51. The van der Waals surface area contributed by atoms with E-state index >= 15 is 0 Å². The maximum atomic E-state index is 13.4. The highest BCUT2D eigenvalue weighted by Crippen LogP contribution is 2.51. The molecular weight excluding hydrogens is 532 g/mol. The van der Waals surface area contributed by atoms with Gasteiger partial charge < -0.3 is 39.7 Å². The van der Waals surface area contributed by atoms with Gasteiger partial charge in [-0.15, -0.1) is 0 Å². The fraction of sp³-hybridized carbons (Fsp3) is 0.433. The van der Waals surface area contributed by atoms with Crippen LogP contribution >= 0.6 is 0 Å². The summed E-state index contributed by atoms with van der Waals surface area (Å²) < 4.78 is 17.1. The van der Waals surface area contributed by atoms with E-state index in [1.165, 1.54) is 18.1 Å². The Morgan fingerprint density at radius 2 is 1.80 bits per heavy atom. The van der Waals surface area contributed by atoms with Crippen molar-refractivity contribution in [2.45, 2.75) is 50.5 Å². The molecule has 0 aromatic heterocycles. The molecule has 2 aromatic rings. The van der Waals surface area contributed by atoms with Crippen LogP contribution in [0.2, 0.25) is 0 Å². The van der Waals surface area contributed by atoms with E-state index in [9.17, 15) is 29.7 Å². The Balaban J connectivity index is 1.79. The Morgan fingerprint density at radius 1 is 1.07 bits per heavy atom. The number of ether oxygens (including phenoxy) is 3. The normalized spacial score (nSPS) is 20.7. The average molecular weight is 569 g/mol. The smallest absolute Gasteiger partial charge is 0.290 e. The number of hydrogen-bond donors (Lipinski definition) is 4. The molecule has 0 saturated carbocycles. The number of amides is 2. The van der Waals surface area contributed by atoms with Gasteiger partial charge in [0.2, 0.25) is 11.7 Å². The number of Topliss-reactive ketones (excluding diaryl/α,β-unsaturated/α-hetero) is 1. The molecule has 4 rings (SSSR count). The van der Waals surface area contributed by atoms with Crippen molar-refractivity contribution in [3.05, 3.63) is 64.7 Å². The summed E-state index contributed by atoms with van der Waals surface area (Å²) in [6.07, 6.45) is -0.543. The summed E-state index contributed by atoms with van der Waals surface area (Å²) in [5.74, 6) is -1.44. The van der Waals surface area contributed by atoms with Crippen LogP contribution in [-0.2, 0) is 27.4 Å². The van der Waals surface area contributed by atoms with Gasteiger partial charge in [-0.25, -0.2) is 0 Å². The SMILES string of the molecule is CCC(=O)C(=O)N(CCc1ccccc1OC)C1C=C(C(=O)NCCO)C2c3cc(CO)cc(OC)c3OC2C1O. The number of benzene rings is 2. The Labute approximate surface area is 238 Å². The van der Waals surface area contributed by atoms with Gasteiger partial charge in [0.1, 0.15) is 18.0 Å². The fourth-order valence-corrected chi connectivity index (χ4v) is 5.47. The lowest BCUT2D eigenvalue weighted by Gasteiger charge is -2.40. The van der Waals surface area contributed by atoms with Gasteiger partial charge in [-0.05, 0) is 41.8 Å².